The van der Waals surface area contributed by atoms with Gasteiger partial charge in [0.15, 0.2) is 0 Å². The van der Waals surface area contributed by atoms with E-state index in [1.807, 2.05) is 0 Å². The molecule has 1 aromatic rings. The lowest BCUT2D eigenvalue weighted by molar-refractivity contribution is 0.195. The van der Waals surface area contributed by atoms with Crippen molar-refractivity contribution >= 4 is 0 Å². The maximum atomic E-state index is 12.7. The van der Waals surface area contributed by atoms with Crippen LogP contribution in [0.15, 0.2) is 24.3 Å². The maximum absolute atomic E-state index is 12.7. The zero-order valence-electron chi connectivity index (χ0n) is 7.24. The van der Waals surface area contributed by atoms with Crippen molar-refractivity contribution in [2.45, 2.75) is 0 Å². The highest BCUT2D eigenvalue weighted by molar-refractivity contribution is 5.22. The molecule has 0 unspecified atom stereocenters. The van der Waals surface area contributed by atoms with Crippen LogP contribution in [0, 0.1) is 11.7 Å². The lowest BCUT2D eigenvalue weighted by Gasteiger charge is -2.24. The van der Waals surface area contributed by atoms with E-state index in [9.17, 15) is 4.39 Å². The Morgan fingerprint density at radius 3 is 2.92 bits per heavy atom. The number of ether oxygens (including phenoxy) is 1. The molecule has 0 amide bonds. The lowest BCUT2D eigenvalue weighted by Crippen LogP contribution is -2.39. The molecule has 2 nitrogen and oxygen atoms in total. The minimum Gasteiger partial charge on any atom is -0.493 e. The zero-order valence-corrected chi connectivity index (χ0v) is 7.24. The average molecular weight is 180 g/mol. The molecular formula is C10H11FNO. The second-order valence-electron chi connectivity index (χ2n) is 3.22. The molecule has 0 saturated carbocycles. The third-order valence-corrected chi connectivity index (χ3v) is 2.06. The summed E-state index contributed by atoms with van der Waals surface area (Å²) < 4.78 is 18.1. The molecule has 0 spiro atoms. The molecule has 13 heavy (non-hydrogen) atoms. The van der Waals surface area contributed by atoms with Crippen molar-refractivity contribution in [1.29, 1.82) is 0 Å². The molecule has 1 radical (unpaired) electrons. The fraction of sp³-hybridized carbons (Fsp3) is 0.400. The van der Waals surface area contributed by atoms with Crippen LogP contribution in [0.3, 0.4) is 0 Å². The van der Waals surface area contributed by atoms with E-state index in [1.165, 1.54) is 12.1 Å². The van der Waals surface area contributed by atoms with Gasteiger partial charge in [0.25, 0.3) is 0 Å². The summed E-state index contributed by atoms with van der Waals surface area (Å²) in [6, 6.07) is 6.22. The first-order valence-electron chi connectivity index (χ1n) is 4.36. The molecular weight excluding hydrogens is 169 g/mol. The number of benzene rings is 1. The van der Waals surface area contributed by atoms with Gasteiger partial charge < -0.3 is 4.74 Å². The Hall–Kier alpha value is -1.09. The van der Waals surface area contributed by atoms with Gasteiger partial charge in [-0.2, -0.15) is 0 Å². The smallest absolute Gasteiger partial charge is 0.126 e. The summed E-state index contributed by atoms with van der Waals surface area (Å²) in [4.78, 5) is 0. The first-order valence-corrected chi connectivity index (χ1v) is 4.36. The SMILES string of the molecule is Fc1cccc(OCC2C[N]C2)c1. The number of hydrogen-bond donors (Lipinski definition) is 0. The molecule has 0 aliphatic carbocycles. The van der Waals surface area contributed by atoms with Crippen LogP contribution in [0.1, 0.15) is 0 Å². The maximum Gasteiger partial charge on any atom is 0.126 e. The van der Waals surface area contributed by atoms with Crippen molar-refractivity contribution < 1.29 is 9.13 Å². The highest BCUT2D eigenvalue weighted by atomic mass is 19.1. The lowest BCUT2D eigenvalue weighted by atomic mass is 10.1. The third-order valence-electron chi connectivity index (χ3n) is 2.06. The van der Waals surface area contributed by atoms with Gasteiger partial charge in [0.1, 0.15) is 11.6 Å². The predicted octanol–water partition coefficient (Wildman–Crippen LogP) is 1.44. The van der Waals surface area contributed by atoms with Crippen molar-refractivity contribution in [2.75, 3.05) is 19.7 Å². The number of hydrogen-bond acceptors (Lipinski definition) is 1. The van der Waals surface area contributed by atoms with Crippen molar-refractivity contribution in [2.24, 2.45) is 5.92 Å². The van der Waals surface area contributed by atoms with Gasteiger partial charge in [-0.15, -0.1) is 0 Å². The second kappa shape index (κ2) is 3.75. The zero-order chi connectivity index (χ0) is 9.10. The summed E-state index contributed by atoms with van der Waals surface area (Å²) in [5.41, 5.74) is 0. The van der Waals surface area contributed by atoms with E-state index < -0.39 is 0 Å². The summed E-state index contributed by atoms with van der Waals surface area (Å²) in [5.74, 6) is 0.881. The van der Waals surface area contributed by atoms with Crippen LogP contribution in [0.5, 0.6) is 5.75 Å². The normalized spacial score (nSPS) is 16.7. The van der Waals surface area contributed by atoms with Crippen molar-refractivity contribution in [3.8, 4) is 5.75 Å². The molecule has 1 aliphatic rings. The van der Waals surface area contributed by atoms with Crippen LogP contribution in [0.2, 0.25) is 0 Å². The number of rotatable bonds is 3. The van der Waals surface area contributed by atoms with E-state index >= 15 is 0 Å². The Morgan fingerprint density at radius 1 is 1.46 bits per heavy atom. The van der Waals surface area contributed by atoms with Gasteiger partial charge in [-0.25, -0.2) is 9.71 Å². The molecule has 1 fully saturated rings. The standard InChI is InChI=1S/C10H11FNO/c11-9-2-1-3-10(4-9)13-7-8-5-12-6-8/h1-4,8H,5-7H2. The summed E-state index contributed by atoms with van der Waals surface area (Å²) >= 11 is 0. The molecule has 1 aliphatic heterocycles. The van der Waals surface area contributed by atoms with E-state index in [1.54, 1.807) is 12.1 Å². The predicted molar refractivity (Wildman–Crippen MR) is 47.3 cm³/mol. The van der Waals surface area contributed by atoms with Gasteiger partial charge in [-0.3, -0.25) is 0 Å². The van der Waals surface area contributed by atoms with E-state index in [-0.39, 0.29) is 5.82 Å². The van der Waals surface area contributed by atoms with Crippen LogP contribution in [-0.4, -0.2) is 19.7 Å². The quantitative estimate of drug-likeness (QED) is 0.690. The minimum absolute atomic E-state index is 0.254. The molecule has 1 saturated heterocycles. The topological polar surface area (TPSA) is 23.3 Å². The molecule has 0 atom stereocenters. The van der Waals surface area contributed by atoms with Crippen molar-refractivity contribution in [3.05, 3.63) is 30.1 Å². The molecule has 2 rings (SSSR count). The van der Waals surface area contributed by atoms with Crippen molar-refractivity contribution in [1.82, 2.24) is 5.32 Å². The summed E-state index contributed by atoms with van der Waals surface area (Å²) in [7, 11) is 0. The molecule has 69 valence electrons. The van der Waals surface area contributed by atoms with E-state index in [2.05, 4.69) is 5.32 Å². The van der Waals surface area contributed by atoms with E-state index in [0.29, 0.717) is 18.3 Å². The van der Waals surface area contributed by atoms with Gasteiger partial charge in [0.05, 0.1) is 6.61 Å². The van der Waals surface area contributed by atoms with Gasteiger partial charge in [0, 0.05) is 25.1 Å². The van der Waals surface area contributed by atoms with Crippen LogP contribution < -0.4 is 10.1 Å². The molecule has 1 aromatic carbocycles. The summed E-state index contributed by atoms with van der Waals surface area (Å²) in [6.45, 7) is 2.41. The molecule has 3 heteroatoms. The van der Waals surface area contributed by atoms with Crippen LogP contribution in [0.25, 0.3) is 0 Å². The van der Waals surface area contributed by atoms with Crippen LogP contribution >= 0.6 is 0 Å². The number of halogens is 1. The van der Waals surface area contributed by atoms with Gasteiger partial charge in [0.2, 0.25) is 0 Å². The largest absolute Gasteiger partial charge is 0.493 e. The monoisotopic (exact) mass is 180 g/mol. The number of nitrogens with zero attached hydrogens (tertiary/aromatic N) is 1. The second-order valence-corrected chi connectivity index (χ2v) is 3.22. The molecule has 0 aromatic heterocycles. The molecule has 0 N–H and O–H groups in total. The van der Waals surface area contributed by atoms with E-state index in [4.69, 9.17) is 4.74 Å². The first-order chi connectivity index (χ1) is 6.34. The van der Waals surface area contributed by atoms with Crippen LogP contribution in [0.4, 0.5) is 4.39 Å². The van der Waals surface area contributed by atoms with Gasteiger partial charge in [-0.05, 0) is 12.1 Å². The highest BCUT2D eigenvalue weighted by Gasteiger charge is 2.18. The minimum atomic E-state index is -0.254. The third kappa shape index (κ3) is 2.18. The Labute approximate surface area is 76.7 Å². The fourth-order valence-electron chi connectivity index (χ4n) is 1.19. The summed E-state index contributed by atoms with van der Waals surface area (Å²) in [6.07, 6.45) is 0. The summed E-state index contributed by atoms with van der Waals surface area (Å²) in [5, 5.41) is 4.07. The fourth-order valence-corrected chi connectivity index (χ4v) is 1.19. The first kappa shape index (κ1) is 8.51. The van der Waals surface area contributed by atoms with Crippen molar-refractivity contribution in [3.63, 3.8) is 0 Å². The Morgan fingerprint density at radius 2 is 2.31 bits per heavy atom. The van der Waals surface area contributed by atoms with E-state index in [0.717, 1.165) is 13.1 Å². The molecule has 0 bridgehead atoms. The Bertz CT molecular complexity index is 286. The van der Waals surface area contributed by atoms with Gasteiger partial charge in [-0.1, -0.05) is 6.07 Å². The highest BCUT2D eigenvalue weighted by Crippen LogP contribution is 2.14. The average Bonchev–Trinajstić information content (AvgIpc) is 2.01. The van der Waals surface area contributed by atoms with Gasteiger partial charge >= 0.3 is 0 Å². The van der Waals surface area contributed by atoms with Crippen LogP contribution in [-0.2, 0) is 0 Å². The Kier molecular flexibility index (Phi) is 2.45. The Balaban J connectivity index is 1.86. The molecule has 1 heterocycles.